The Bertz CT molecular complexity index is 1630. The van der Waals surface area contributed by atoms with E-state index < -0.39 is 21.3 Å². The van der Waals surface area contributed by atoms with Gasteiger partial charge in [-0.1, -0.05) is 0 Å². The predicted octanol–water partition coefficient (Wildman–Crippen LogP) is 4.86. The van der Waals surface area contributed by atoms with Gasteiger partial charge in [-0.2, -0.15) is 0 Å². The Morgan fingerprint density at radius 2 is 1.87 bits per heavy atom. The van der Waals surface area contributed by atoms with Crippen LogP contribution in [0.2, 0.25) is 0 Å². The van der Waals surface area contributed by atoms with Crippen LogP contribution in [0.15, 0.2) is 53.8 Å². The van der Waals surface area contributed by atoms with Crippen LogP contribution in [-0.4, -0.2) is 63.3 Å². The van der Waals surface area contributed by atoms with Gasteiger partial charge >= 0.3 is 0 Å². The van der Waals surface area contributed by atoms with E-state index in [1.165, 1.54) is 26.3 Å². The van der Waals surface area contributed by atoms with Crippen molar-refractivity contribution >= 4 is 32.2 Å². The van der Waals surface area contributed by atoms with E-state index >= 15 is 0 Å². The van der Waals surface area contributed by atoms with Gasteiger partial charge in [0.05, 0.1) is 21.7 Å². The minimum Gasteiger partial charge on any atom is -0.490 e. The first-order valence-corrected chi connectivity index (χ1v) is 14.2. The number of benzene rings is 2. The molecule has 11 heteroatoms. The Kier molecular flexibility index (Phi) is 7.62. The van der Waals surface area contributed by atoms with Crippen molar-refractivity contribution in [2.45, 2.75) is 24.7 Å². The number of likely N-dealkylation sites (tertiary alicyclic amines) is 1. The first-order chi connectivity index (χ1) is 18.7. The highest BCUT2D eigenvalue weighted by Gasteiger charge is 2.19. The number of halogens is 2. The van der Waals surface area contributed by atoms with Crippen molar-refractivity contribution in [2.75, 3.05) is 38.1 Å². The molecule has 5 rings (SSSR count). The van der Waals surface area contributed by atoms with E-state index in [4.69, 9.17) is 9.47 Å². The molecular weight excluding hydrogens is 524 g/mol. The Labute approximate surface area is 226 Å². The summed E-state index contributed by atoms with van der Waals surface area (Å²) in [6, 6.07) is 8.31. The van der Waals surface area contributed by atoms with Gasteiger partial charge in [0, 0.05) is 35.5 Å². The van der Waals surface area contributed by atoms with Crippen molar-refractivity contribution in [1.82, 2.24) is 19.9 Å². The molecule has 0 radical (unpaired) electrons. The molecule has 39 heavy (non-hydrogen) atoms. The number of nitrogens with one attached hydrogen (secondary N) is 1. The molecule has 1 N–H and O–H groups in total. The van der Waals surface area contributed by atoms with Crippen LogP contribution in [0.25, 0.3) is 22.0 Å². The molecule has 2 aromatic carbocycles. The van der Waals surface area contributed by atoms with Gasteiger partial charge in [0.2, 0.25) is 5.88 Å². The Hall–Kier alpha value is -3.83. The number of aryl methyl sites for hydroxylation is 1. The molecule has 4 aromatic rings. The van der Waals surface area contributed by atoms with Crippen LogP contribution in [0.3, 0.4) is 0 Å². The van der Waals surface area contributed by atoms with Crippen LogP contribution >= 0.6 is 0 Å². The largest absolute Gasteiger partial charge is 0.490 e. The molecule has 1 saturated heterocycles. The summed E-state index contributed by atoms with van der Waals surface area (Å²) in [4.78, 5) is 15.3. The number of fused-ring (bicyclic) bond motifs is 1. The molecule has 0 spiro atoms. The predicted molar refractivity (Wildman–Crippen MR) is 149 cm³/mol. The number of hydrogen-bond donors (Lipinski definition) is 1. The normalized spacial score (nSPS) is 15.3. The monoisotopic (exact) mass is 553 g/mol. The molecule has 3 heterocycles. The highest BCUT2D eigenvalue weighted by atomic mass is 32.2. The van der Waals surface area contributed by atoms with Crippen molar-refractivity contribution in [2.24, 2.45) is 0 Å². The Morgan fingerprint density at radius 3 is 2.62 bits per heavy atom. The van der Waals surface area contributed by atoms with E-state index in [0.717, 1.165) is 48.4 Å². The first-order valence-electron chi connectivity index (χ1n) is 12.5. The lowest BCUT2D eigenvalue weighted by Gasteiger charge is -2.18. The average molecular weight is 554 g/mol. The van der Waals surface area contributed by atoms with Crippen molar-refractivity contribution in [3.05, 3.63) is 66.3 Å². The zero-order valence-corrected chi connectivity index (χ0v) is 22.6. The molecule has 1 fully saturated rings. The number of rotatable bonds is 9. The third-order valence-corrected chi connectivity index (χ3v) is 8.26. The van der Waals surface area contributed by atoms with E-state index in [-0.39, 0.29) is 16.5 Å². The van der Waals surface area contributed by atoms with Gasteiger partial charge in [-0.25, -0.2) is 27.9 Å². The van der Waals surface area contributed by atoms with Crippen molar-refractivity contribution < 1.29 is 22.5 Å². The maximum absolute atomic E-state index is 14.4. The second-order valence-electron chi connectivity index (χ2n) is 9.36. The van der Waals surface area contributed by atoms with E-state index in [1.54, 1.807) is 12.3 Å². The van der Waals surface area contributed by atoms with Gasteiger partial charge in [-0.15, -0.1) is 0 Å². The standard InChI is InChI=1S/C28H29F2N5O3S/c1-18-22-12-19(14-25(27(22)33-17-32-18)38-11-10-35-8-4-5-9-35)20-13-24(28(37-2)31-16-20)34-39(3,36)26-7-6-21(29)15-23(26)30/h6-7,12-17H,3-5,8-11H2,1-2H3,(H,34,36). The SMILES string of the molecule is C=S(=O)(Nc1cc(-c2cc(OCCN3CCCC3)c3ncnc(C)c3c2)cnc1OC)c1ccc(F)cc1F. The number of nitrogens with zero attached hydrogens (tertiary/aromatic N) is 4. The average Bonchev–Trinajstić information content (AvgIpc) is 3.42. The molecule has 1 unspecified atom stereocenters. The highest BCUT2D eigenvalue weighted by molar-refractivity contribution is 8.01. The molecule has 2 aromatic heterocycles. The lowest BCUT2D eigenvalue weighted by Crippen LogP contribution is -2.25. The zero-order chi connectivity index (χ0) is 27.6. The molecule has 0 bridgehead atoms. The number of ether oxygens (including phenoxy) is 2. The quantitative estimate of drug-likeness (QED) is 0.296. The van der Waals surface area contributed by atoms with Crippen LogP contribution in [-0.2, 0) is 9.71 Å². The minimum atomic E-state index is -3.42. The van der Waals surface area contributed by atoms with Crippen LogP contribution < -0.4 is 14.2 Å². The summed E-state index contributed by atoms with van der Waals surface area (Å²) in [6.45, 7) is 5.40. The topological polar surface area (TPSA) is 89.5 Å². The molecule has 0 aliphatic carbocycles. The lowest BCUT2D eigenvalue weighted by atomic mass is 10.0. The van der Waals surface area contributed by atoms with Crippen LogP contribution in [0, 0.1) is 18.6 Å². The summed E-state index contributed by atoms with van der Waals surface area (Å²) in [5, 5.41) is 0.825. The summed E-state index contributed by atoms with van der Waals surface area (Å²) in [5.41, 5.74) is 3.15. The smallest absolute Gasteiger partial charge is 0.238 e. The third-order valence-electron chi connectivity index (χ3n) is 6.67. The Morgan fingerprint density at radius 1 is 1.08 bits per heavy atom. The Balaban J connectivity index is 1.51. The number of methoxy groups -OCH3 is 1. The van der Waals surface area contributed by atoms with E-state index in [2.05, 4.69) is 30.4 Å². The van der Waals surface area contributed by atoms with Gasteiger partial charge in [-0.05, 0) is 74.6 Å². The van der Waals surface area contributed by atoms with Crippen LogP contribution in [0.5, 0.6) is 11.6 Å². The third kappa shape index (κ3) is 5.79. The van der Waals surface area contributed by atoms with E-state index in [0.29, 0.717) is 29.5 Å². The second-order valence-corrected chi connectivity index (χ2v) is 11.4. The highest BCUT2D eigenvalue weighted by Crippen LogP contribution is 2.35. The summed E-state index contributed by atoms with van der Waals surface area (Å²) in [6.07, 6.45) is 5.54. The molecule has 0 amide bonds. The number of aromatic nitrogens is 3. The van der Waals surface area contributed by atoms with Crippen LogP contribution in [0.1, 0.15) is 18.5 Å². The summed E-state index contributed by atoms with van der Waals surface area (Å²) in [5.74, 6) is 2.68. The summed E-state index contributed by atoms with van der Waals surface area (Å²) in [7, 11) is -2.01. The van der Waals surface area contributed by atoms with Gasteiger partial charge < -0.3 is 14.2 Å². The molecule has 1 aliphatic rings. The van der Waals surface area contributed by atoms with Gasteiger partial charge in [0.1, 0.15) is 41.5 Å². The maximum atomic E-state index is 14.4. The fourth-order valence-corrected chi connectivity index (χ4v) is 5.92. The summed E-state index contributed by atoms with van der Waals surface area (Å²) < 4.78 is 55.6. The van der Waals surface area contributed by atoms with E-state index in [9.17, 15) is 13.0 Å². The molecule has 204 valence electrons. The molecular formula is C28H29F2N5O3S. The number of hydrogen-bond acceptors (Lipinski definition) is 7. The van der Waals surface area contributed by atoms with E-state index in [1.807, 2.05) is 19.1 Å². The van der Waals surface area contributed by atoms with Crippen molar-refractivity contribution in [3.8, 4) is 22.8 Å². The molecule has 1 atom stereocenters. The molecule has 0 saturated carbocycles. The lowest BCUT2D eigenvalue weighted by molar-refractivity contribution is 0.239. The number of pyridine rings is 1. The second kappa shape index (κ2) is 11.1. The van der Waals surface area contributed by atoms with Crippen LogP contribution in [0.4, 0.5) is 14.5 Å². The number of anilines is 1. The summed E-state index contributed by atoms with van der Waals surface area (Å²) >= 11 is 0. The molecule has 1 aliphatic heterocycles. The fourth-order valence-electron chi connectivity index (χ4n) is 4.65. The zero-order valence-electron chi connectivity index (χ0n) is 21.7. The van der Waals surface area contributed by atoms with Gasteiger partial charge in [0.25, 0.3) is 0 Å². The maximum Gasteiger partial charge on any atom is 0.238 e. The van der Waals surface area contributed by atoms with Gasteiger partial charge in [0.15, 0.2) is 0 Å². The minimum absolute atomic E-state index is 0.139. The van der Waals surface area contributed by atoms with Gasteiger partial charge in [-0.3, -0.25) is 4.90 Å². The molecule has 8 nitrogen and oxygen atoms in total. The fraction of sp³-hybridized carbons (Fsp3) is 0.286. The van der Waals surface area contributed by atoms with Crippen molar-refractivity contribution in [1.29, 1.82) is 0 Å². The van der Waals surface area contributed by atoms with Crippen molar-refractivity contribution in [3.63, 3.8) is 0 Å². The first kappa shape index (κ1) is 26.8.